The molecule has 1 aliphatic heterocycles. The average Bonchev–Trinajstić information content (AvgIpc) is 2.95. The number of alkyl halides is 2. The molecule has 0 unspecified atom stereocenters. The molecule has 0 radical (unpaired) electrons. The summed E-state index contributed by atoms with van der Waals surface area (Å²) in [6.07, 6.45) is -2.15. The molecule has 0 aliphatic carbocycles. The van der Waals surface area contributed by atoms with Crippen molar-refractivity contribution in [3.63, 3.8) is 0 Å². The maximum atomic E-state index is 14.9. The van der Waals surface area contributed by atoms with E-state index in [1.807, 2.05) is 6.08 Å². The van der Waals surface area contributed by atoms with E-state index in [1.165, 1.54) is 6.07 Å². The molecule has 0 spiro atoms. The molecule has 230 valence electrons. The van der Waals surface area contributed by atoms with Crippen molar-refractivity contribution in [3.05, 3.63) is 125 Å². The van der Waals surface area contributed by atoms with Gasteiger partial charge in [0.25, 0.3) is 0 Å². The molecular formula is C32H21F9O3. The highest BCUT2D eigenvalue weighted by Crippen LogP contribution is 2.39. The molecule has 1 heterocycles. The summed E-state index contributed by atoms with van der Waals surface area (Å²) in [7, 11) is 0. The van der Waals surface area contributed by atoms with E-state index in [9.17, 15) is 39.5 Å². The van der Waals surface area contributed by atoms with Crippen LogP contribution >= 0.6 is 0 Å². The van der Waals surface area contributed by atoms with Gasteiger partial charge in [-0.1, -0.05) is 24.3 Å². The smallest absolute Gasteiger partial charge is 0.429 e. The Bertz CT molecular complexity index is 1680. The third kappa shape index (κ3) is 6.31. The van der Waals surface area contributed by atoms with Gasteiger partial charge in [0, 0.05) is 28.7 Å². The Morgan fingerprint density at radius 2 is 1.23 bits per heavy atom. The highest BCUT2D eigenvalue weighted by atomic mass is 19.3. The van der Waals surface area contributed by atoms with E-state index in [-0.39, 0.29) is 46.9 Å². The Morgan fingerprint density at radius 1 is 0.682 bits per heavy atom. The first-order valence-corrected chi connectivity index (χ1v) is 13.0. The van der Waals surface area contributed by atoms with Crippen molar-refractivity contribution in [1.29, 1.82) is 0 Å². The molecule has 0 saturated carbocycles. The topological polar surface area (TPSA) is 27.7 Å². The van der Waals surface area contributed by atoms with Gasteiger partial charge in [-0.3, -0.25) is 0 Å². The van der Waals surface area contributed by atoms with E-state index in [0.717, 1.165) is 24.3 Å². The van der Waals surface area contributed by atoms with E-state index in [0.29, 0.717) is 30.3 Å². The number of benzene rings is 4. The molecule has 1 aliphatic rings. The highest BCUT2D eigenvalue weighted by molar-refractivity contribution is 5.72. The van der Waals surface area contributed by atoms with Crippen LogP contribution in [0.5, 0.6) is 5.75 Å². The third-order valence-corrected chi connectivity index (χ3v) is 6.78. The fraction of sp³-hybridized carbons (Fsp3) is 0.188. The molecule has 1 saturated heterocycles. The van der Waals surface area contributed by atoms with Gasteiger partial charge in [0.05, 0.1) is 13.2 Å². The maximum Gasteiger partial charge on any atom is 0.432 e. The lowest BCUT2D eigenvalue weighted by atomic mass is 9.99. The minimum Gasteiger partial charge on any atom is -0.429 e. The summed E-state index contributed by atoms with van der Waals surface area (Å²) < 4.78 is 145. The van der Waals surface area contributed by atoms with Crippen LogP contribution < -0.4 is 4.74 Å². The first-order valence-electron chi connectivity index (χ1n) is 13.0. The van der Waals surface area contributed by atoms with Gasteiger partial charge in [0.15, 0.2) is 23.7 Å². The van der Waals surface area contributed by atoms with Crippen LogP contribution in [-0.4, -0.2) is 13.2 Å². The number of rotatable bonds is 7. The lowest BCUT2D eigenvalue weighted by Crippen LogP contribution is -2.28. The van der Waals surface area contributed by atoms with Gasteiger partial charge in [-0.25, -0.2) is 30.7 Å². The van der Waals surface area contributed by atoms with Crippen LogP contribution in [-0.2, 0) is 15.6 Å². The summed E-state index contributed by atoms with van der Waals surface area (Å²) in [4.78, 5) is 0. The SMILES string of the molecule is CC=CC1COC(c2cc(F)c(C(F)(F)Oc3ccc(-c4ccc(-c5cc(F)c(F)c(F)c5)c(F)c4)c(F)c3)c(F)c2)OC1. The lowest BCUT2D eigenvalue weighted by Gasteiger charge is -2.28. The Labute approximate surface area is 245 Å². The Kier molecular flexibility index (Phi) is 8.76. The van der Waals surface area contributed by atoms with Crippen molar-refractivity contribution in [2.75, 3.05) is 13.2 Å². The largest absolute Gasteiger partial charge is 0.432 e. The minimum atomic E-state index is -4.58. The summed E-state index contributed by atoms with van der Waals surface area (Å²) in [5.41, 5.74) is -2.90. The van der Waals surface area contributed by atoms with Crippen LogP contribution in [0.2, 0.25) is 0 Å². The highest BCUT2D eigenvalue weighted by Gasteiger charge is 2.42. The zero-order valence-electron chi connectivity index (χ0n) is 22.6. The van der Waals surface area contributed by atoms with Gasteiger partial charge in [-0.15, -0.1) is 0 Å². The summed E-state index contributed by atoms with van der Waals surface area (Å²) in [5, 5.41) is 0. The summed E-state index contributed by atoms with van der Waals surface area (Å²) >= 11 is 0. The van der Waals surface area contributed by atoms with Crippen molar-refractivity contribution in [3.8, 4) is 28.0 Å². The fourth-order valence-corrected chi connectivity index (χ4v) is 4.72. The van der Waals surface area contributed by atoms with Crippen molar-refractivity contribution in [2.45, 2.75) is 19.3 Å². The van der Waals surface area contributed by atoms with E-state index in [2.05, 4.69) is 4.74 Å². The molecule has 3 nitrogen and oxygen atoms in total. The van der Waals surface area contributed by atoms with E-state index >= 15 is 0 Å². The predicted molar refractivity (Wildman–Crippen MR) is 141 cm³/mol. The molecule has 1 fully saturated rings. The molecule has 4 aromatic carbocycles. The van der Waals surface area contributed by atoms with Gasteiger partial charge in [0.2, 0.25) is 0 Å². The molecular weight excluding hydrogens is 603 g/mol. The molecule has 0 atom stereocenters. The molecule has 0 bridgehead atoms. The van der Waals surface area contributed by atoms with Crippen LogP contribution in [0, 0.1) is 46.6 Å². The van der Waals surface area contributed by atoms with Gasteiger partial charge >= 0.3 is 6.11 Å². The predicted octanol–water partition coefficient (Wildman–Crippen LogP) is 9.36. The van der Waals surface area contributed by atoms with Gasteiger partial charge in [-0.05, 0) is 60.5 Å². The summed E-state index contributed by atoms with van der Waals surface area (Å²) in [5.74, 6) is -11.2. The molecule has 0 N–H and O–H groups in total. The molecule has 12 heteroatoms. The minimum absolute atomic E-state index is 0.0774. The number of hydrogen-bond donors (Lipinski definition) is 0. The Balaban J connectivity index is 1.35. The summed E-state index contributed by atoms with van der Waals surface area (Å²) in [6, 6.07) is 7.83. The average molecular weight is 624 g/mol. The van der Waals surface area contributed by atoms with Crippen molar-refractivity contribution >= 4 is 0 Å². The number of allylic oxidation sites excluding steroid dienone is 1. The van der Waals surface area contributed by atoms with Crippen molar-refractivity contribution in [2.24, 2.45) is 5.92 Å². The first kappa shape index (κ1) is 31.1. The lowest BCUT2D eigenvalue weighted by molar-refractivity contribution is -0.198. The molecule has 5 rings (SSSR count). The van der Waals surface area contributed by atoms with E-state index in [4.69, 9.17) is 9.47 Å². The van der Waals surface area contributed by atoms with Crippen LogP contribution in [0.25, 0.3) is 22.3 Å². The molecule has 44 heavy (non-hydrogen) atoms. The second-order valence-corrected chi connectivity index (χ2v) is 9.85. The van der Waals surface area contributed by atoms with Crippen molar-refractivity contribution in [1.82, 2.24) is 0 Å². The first-order chi connectivity index (χ1) is 20.9. The zero-order chi connectivity index (χ0) is 31.8. The van der Waals surface area contributed by atoms with E-state index in [1.54, 1.807) is 13.0 Å². The van der Waals surface area contributed by atoms with Gasteiger partial charge < -0.3 is 14.2 Å². The van der Waals surface area contributed by atoms with Gasteiger partial charge in [-0.2, -0.15) is 8.78 Å². The molecule has 0 amide bonds. The second kappa shape index (κ2) is 12.4. The second-order valence-electron chi connectivity index (χ2n) is 9.85. The fourth-order valence-electron chi connectivity index (χ4n) is 4.72. The number of halogens is 9. The van der Waals surface area contributed by atoms with Crippen LogP contribution in [0.15, 0.2) is 72.8 Å². The van der Waals surface area contributed by atoms with Crippen molar-refractivity contribution < 1.29 is 53.7 Å². The zero-order valence-corrected chi connectivity index (χ0v) is 22.6. The quantitative estimate of drug-likeness (QED) is 0.117. The van der Waals surface area contributed by atoms with Crippen LogP contribution in [0.4, 0.5) is 39.5 Å². The number of hydrogen-bond acceptors (Lipinski definition) is 3. The maximum absolute atomic E-state index is 14.9. The van der Waals surface area contributed by atoms with E-state index < -0.39 is 64.4 Å². The van der Waals surface area contributed by atoms with Crippen LogP contribution in [0.3, 0.4) is 0 Å². The standard InChI is InChI=1S/C32H21F9O3/c1-2-3-16-14-42-31(43-15-16)19-11-25(35)29(26(36)12-19)32(40,41)44-20-5-7-21(24(34)13-20)17-4-6-22(23(33)8-17)18-9-27(37)30(39)28(38)10-18/h2-13,16,31H,14-15H2,1H3. The summed E-state index contributed by atoms with van der Waals surface area (Å²) in [6.45, 7) is 2.17. The molecule has 4 aromatic rings. The third-order valence-electron chi connectivity index (χ3n) is 6.78. The van der Waals surface area contributed by atoms with Crippen LogP contribution in [0.1, 0.15) is 24.3 Å². The molecule has 0 aromatic heterocycles. The normalized spacial score (nSPS) is 17.3. The number of ether oxygens (including phenoxy) is 3. The Morgan fingerprint density at radius 3 is 1.80 bits per heavy atom. The van der Waals surface area contributed by atoms with Gasteiger partial charge in [0.1, 0.15) is 34.6 Å². The Hall–Kier alpha value is -4.29. The monoisotopic (exact) mass is 624 g/mol.